The molecule has 0 fully saturated rings. The number of hydrogen-bond donors (Lipinski definition) is 1. The van der Waals surface area contributed by atoms with Crippen LogP contribution in [0.2, 0.25) is 5.02 Å². The number of halogens is 2. The van der Waals surface area contributed by atoms with Crippen molar-refractivity contribution in [3.63, 3.8) is 0 Å². The number of benzene rings is 2. The molecule has 0 spiro atoms. The molecule has 0 heterocycles. The van der Waals surface area contributed by atoms with Crippen molar-refractivity contribution >= 4 is 11.6 Å². The second-order valence-electron chi connectivity index (χ2n) is 4.96. The average molecular weight is 292 g/mol. The Hall–Kier alpha value is -1.38. The van der Waals surface area contributed by atoms with Crippen molar-refractivity contribution < 1.29 is 4.39 Å². The smallest absolute Gasteiger partial charge is 0.127 e. The number of rotatable bonds is 5. The molecule has 2 aromatic carbocycles. The Morgan fingerprint density at radius 2 is 1.85 bits per heavy atom. The first kappa shape index (κ1) is 15.0. The molecule has 0 aliphatic heterocycles. The molecule has 0 aliphatic rings. The van der Waals surface area contributed by atoms with Gasteiger partial charge in [-0.3, -0.25) is 0 Å². The highest BCUT2D eigenvalue weighted by atomic mass is 35.5. The predicted molar refractivity (Wildman–Crippen MR) is 82.7 cm³/mol. The van der Waals surface area contributed by atoms with Crippen molar-refractivity contribution in [1.29, 1.82) is 0 Å². The van der Waals surface area contributed by atoms with Gasteiger partial charge in [0, 0.05) is 11.1 Å². The van der Waals surface area contributed by atoms with E-state index in [0.29, 0.717) is 17.0 Å². The molecule has 0 amide bonds. The standard InChI is InChI=1S/C17H19ClFN/c1-3-20-17(13-6-4-12(2)5-7-13)10-14-8-9-15(18)11-16(14)19/h4-9,11,17,20H,3,10H2,1-2H3. The highest BCUT2D eigenvalue weighted by Gasteiger charge is 2.13. The lowest BCUT2D eigenvalue weighted by Gasteiger charge is -2.19. The average Bonchev–Trinajstić information content (AvgIpc) is 2.42. The van der Waals surface area contributed by atoms with E-state index < -0.39 is 0 Å². The molecule has 0 bridgehead atoms. The third-order valence-electron chi connectivity index (χ3n) is 3.37. The minimum atomic E-state index is -0.243. The van der Waals surface area contributed by atoms with E-state index in [-0.39, 0.29) is 11.9 Å². The van der Waals surface area contributed by atoms with E-state index in [1.54, 1.807) is 12.1 Å². The zero-order valence-corrected chi connectivity index (χ0v) is 12.5. The highest BCUT2D eigenvalue weighted by Crippen LogP contribution is 2.22. The molecule has 2 rings (SSSR count). The van der Waals surface area contributed by atoms with Gasteiger partial charge in [0.1, 0.15) is 5.82 Å². The first-order valence-corrected chi connectivity index (χ1v) is 7.22. The normalized spacial score (nSPS) is 12.4. The van der Waals surface area contributed by atoms with E-state index in [2.05, 4.69) is 43.4 Å². The number of aryl methyl sites for hydroxylation is 1. The van der Waals surface area contributed by atoms with Crippen LogP contribution in [0.4, 0.5) is 4.39 Å². The van der Waals surface area contributed by atoms with E-state index in [9.17, 15) is 4.39 Å². The molecule has 3 heteroatoms. The maximum atomic E-state index is 13.9. The van der Waals surface area contributed by atoms with Gasteiger partial charge in [-0.25, -0.2) is 4.39 Å². The monoisotopic (exact) mass is 291 g/mol. The van der Waals surface area contributed by atoms with Crippen LogP contribution in [0.1, 0.15) is 29.7 Å². The third-order valence-corrected chi connectivity index (χ3v) is 3.60. The lowest BCUT2D eigenvalue weighted by Crippen LogP contribution is -2.23. The Morgan fingerprint density at radius 1 is 1.15 bits per heavy atom. The molecule has 0 saturated heterocycles. The summed E-state index contributed by atoms with van der Waals surface area (Å²) < 4.78 is 13.9. The van der Waals surface area contributed by atoms with Gasteiger partial charge in [-0.05, 0) is 43.1 Å². The molecule has 2 aromatic rings. The van der Waals surface area contributed by atoms with Crippen molar-refractivity contribution in [2.24, 2.45) is 0 Å². The minimum absolute atomic E-state index is 0.108. The SMILES string of the molecule is CCNC(Cc1ccc(Cl)cc1F)c1ccc(C)cc1. The summed E-state index contributed by atoms with van der Waals surface area (Å²) in [5.41, 5.74) is 3.08. The summed E-state index contributed by atoms with van der Waals surface area (Å²) >= 11 is 5.79. The first-order chi connectivity index (χ1) is 9.60. The first-order valence-electron chi connectivity index (χ1n) is 6.84. The van der Waals surface area contributed by atoms with Gasteiger partial charge in [-0.15, -0.1) is 0 Å². The van der Waals surface area contributed by atoms with Gasteiger partial charge >= 0.3 is 0 Å². The topological polar surface area (TPSA) is 12.0 Å². The maximum absolute atomic E-state index is 13.9. The minimum Gasteiger partial charge on any atom is -0.310 e. The molecule has 106 valence electrons. The van der Waals surface area contributed by atoms with E-state index in [0.717, 1.165) is 6.54 Å². The fourth-order valence-electron chi connectivity index (χ4n) is 2.26. The van der Waals surface area contributed by atoms with Gasteiger partial charge in [-0.1, -0.05) is 54.4 Å². The van der Waals surface area contributed by atoms with Crippen LogP contribution in [0.5, 0.6) is 0 Å². The second-order valence-corrected chi connectivity index (χ2v) is 5.40. The van der Waals surface area contributed by atoms with E-state index >= 15 is 0 Å². The summed E-state index contributed by atoms with van der Waals surface area (Å²) in [7, 11) is 0. The Bertz CT molecular complexity index is 566. The Labute approximate surface area is 124 Å². The quantitative estimate of drug-likeness (QED) is 0.843. The fourth-order valence-corrected chi connectivity index (χ4v) is 2.42. The van der Waals surface area contributed by atoms with E-state index in [4.69, 9.17) is 11.6 Å². The Balaban J connectivity index is 2.22. The van der Waals surface area contributed by atoms with Crippen LogP contribution in [-0.2, 0) is 6.42 Å². The number of hydrogen-bond acceptors (Lipinski definition) is 1. The lowest BCUT2D eigenvalue weighted by molar-refractivity contribution is 0.528. The van der Waals surface area contributed by atoms with Crippen LogP contribution in [0.3, 0.4) is 0 Å². The summed E-state index contributed by atoms with van der Waals surface area (Å²) in [6.07, 6.45) is 0.611. The molecule has 0 aromatic heterocycles. The van der Waals surface area contributed by atoms with Crippen molar-refractivity contribution in [3.05, 3.63) is 70.0 Å². The molecule has 1 N–H and O–H groups in total. The molecule has 1 nitrogen and oxygen atoms in total. The van der Waals surface area contributed by atoms with Gasteiger partial charge in [0.15, 0.2) is 0 Å². The molecule has 0 saturated carbocycles. The van der Waals surface area contributed by atoms with Crippen LogP contribution in [0.15, 0.2) is 42.5 Å². The maximum Gasteiger partial charge on any atom is 0.127 e. The molecule has 1 atom stereocenters. The number of likely N-dealkylation sites (N-methyl/N-ethyl adjacent to an activating group) is 1. The third kappa shape index (κ3) is 3.81. The van der Waals surface area contributed by atoms with Gasteiger partial charge in [0.2, 0.25) is 0 Å². The van der Waals surface area contributed by atoms with Crippen molar-refractivity contribution in [2.45, 2.75) is 26.3 Å². The van der Waals surface area contributed by atoms with Crippen LogP contribution < -0.4 is 5.32 Å². The van der Waals surface area contributed by atoms with Crippen molar-refractivity contribution in [3.8, 4) is 0 Å². The van der Waals surface area contributed by atoms with Crippen molar-refractivity contribution in [1.82, 2.24) is 5.32 Å². The van der Waals surface area contributed by atoms with Crippen LogP contribution in [0, 0.1) is 12.7 Å². The second kappa shape index (κ2) is 6.87. The molecule has 0 aliphatic carbocycles. The van der Waals surface area contributed by atoms with Crippen LogP contribution in [0.25, 0.3) is 0 Å². The summed E-state index contributed by atoms with van der Waals surface area (Å²) in [5, 5.41) is 3.84. The summed E-state index contributed by atoms with van der Waals surface area (Å²) in [5.74, 6) is -0.243. The van der Waals surface area contributed by atoms with Crippen LogP contribution >= 0.6 is 11.6 Å². The molecular weight excluding hydrogens is 273 g/mol. The van der Waals surface area contributed by atoms with E-state index in [1.165, 1.54) is 17.2 Å². The Morgan fingerprint density at radius 3 is 2.45 bits per heavy atom. The molecule has 0 radical (unpaired) electrons. The van der Waals surface area contributed by atoms with Crippen LogP contribution in [-0.4, -0.2) is 6.54 Å². The lowest BCUT2D eigenvalue weighted by atomic mass is 9.97. The summed E-state index contributed by atoms with van der Waals surface area (Å²) in [6.45, 7) is 4.96. The molecule has 1 unspecified atom stereocenters. The van der Waals surface area contributed by atoms with Gasteiger partial charge in [-0.2, -0.15) is 0 Å². The predicted octanol–water partition coefficient (Wildman–Crippen LogP) is 4.68. The summed E-state index contributed by atoms with van der Waals surface area (Å²) in [4.78, 5) is 0. The molecular formula is C17H19ClFN. The number of nitrogens with one attached hydrogen (secondary N) is 1. The largest absolute Gasteiger partial charge is 0.310 e. The van der Waals surface area contributed by atoms with E-state index in [1.807, 2.05) is 0 Å². The Kier molecular flexibility index (Phi) is 5.16. The van der Waals surface area contributed by atoms with Gasteiger partial charge in [0.25, 0.3) is 0 Å². The molecule has 20 heavy (non-hydrogen) atoms. The van der Waals surface area contributed by atoms with Gasteiger partial charge in [0.05, 0.1) is 0 Å². The fraction of sp³-hybridized carbons (Fsp3) is 0.294. The van der Waals surface area contributed by atoms with Crippen molar-refractivity contribution in [2.75, 3.05) is 6.54 Å². The zero-order valence-electron chi connectivity index (χ0n) is 11.8. The summed E-state index contributed by atoms with van der Waals surface area (Å²) in [6, 6.07) is 13.3. The van der Waals surface area contributed by atoms with Gasteiger partial charge < -0.3 is 5.32 Å². The highest BCUT2D eigenvalue weighted by molar-refractivity contribution is 6.30. The zero-order chi connectivity index (χ0) is 14.5.